The first-order valence-electron chi connectivity index (χ1n) is 9.60. The van der Waals surface area contributed by atoms with Crippen molar-refractivity contribution in [2.24, 2.45) is 5.73 Å². The highest BCUT2D eigenvalue weighted by Crippen LogP contribution is 2.44. The van der Waals surface area contributed by atoms with E-state index >= 15 is 0 Å². The van der Waals surface area contributed by atoms with Crippen molar-refractivity contribution in [1.82, 2.24) is 0 Å². The van der Waals surface area contributed by atoms with E-state index in [1.54, 1.807) is 6.92 Å². The van der Waals surface area contributed by atoms with Crippen LogP contribution in [0.25, 0.3) is 0 Å². The molecule has 7 nitrogen and oxygen atoms in total. The third kappa shape index (κ3) is 4.73. The monoisotopic (exact) mass is 518 g/mol. The van der Waals surface area contributed by atoms with E-state index in [4.69, 9.17) is 19.9 Å². The Labute approximate surface area is 196 Å². The first-order chi connectivity index (χ1) is 15.7. The van der Waals surface area contributed by atoms with E-state index in [-0.39, 0.29) is 40.7 Å². The first-order valence-corrected chi connectivity index (χ1v) is 10.4. The summed E-state index contributed by atoms with van der Waals surface area (Å²) in [5, 5.41) is 9.74. The summed E-state index contributed by atoms with van der Waals surface area (Å²) >= 11 is 3.30. The second-order valence-electron chi connectivity index (χ2n) is 6.78. The van der Waals surface area contributed by atoms with Gasteiger partial charge >= 0.3 is 11.9 Å². The number of nitrogens with two attached hydrogens (primary N) is 1. The van der Waals surface area contributed by atoms with Crippen LogP contribution in [-0.4, -0.2) is 18.5 Å². The predicted octanol–water partition coefficient (Wildman–Crippen LogP) is 4.59. The van der Waals surface area contributed by atoms with Gasteiger partial charge in [-0.15, -0.1) is 0 Å². The van der Waals surface area contributed by atoms with Gasteiger partial charge in [0.05, 0.1) is 18.1 Å². The molecular formula is C23H17BrF2N2O5. The van der Waals surface area contributed by atoms with Gasteiger partial charge in [0.15, 0.2) is 0 Å². The number of allylic oxidation sites excluding steroid dienone is 2. The van der Waals surface area contributed by atoms with Crippen LogP contribution in [-0.2, 0) is 14.3 Å². The molecule has 0 fully saturated rings. The number of esters is 2. The number of hydrogen-bond donors (Lipinski definition) is 1. The van der Waals surface area contributed by atoms with Crippen LogP contribution in [0, 0.1) is 23.0 Å². The summed E-state index contributed by atoms with van der Waals surface area (Å²) in [4.78, 5) is 25.4. The molecule has 3 rings (SSSR count). The number of rotatable bonds is 5. The van der Waals surface area contributed by atoms with E-state index in [1.807, 2.05) is 6.07 Å². The molecule has 0 spiro atoms. The third-order valence-electron chi connectivity index (χ3n) is 4.75. The van der Waals surface area contributed by atoms with Gasteiger partial charge in [-0.25, -0.2) is 18.4 Å². The molecule has 0 saturated heterocycles. The summed E-state index contributed by atoms with van der Waals surface area (Å²) in [5.41, 5.74) is 5.00. The maximum absolute atomic E-state index is 14.1. The maximum Gasteiger partial charge on any atom is 0.349 e. The van der Waals surface area contributed by atoms with E-state index in [9.17, 15) is 23.6 Å². The number of carbonyl (C=O) groups is 2. The molecule has 0 aliphatic carbocycles. The highest BCUT2D eigenvalue weighted by atomic mass is 79.9. The molecular weight excluding hydrogens is 502 g/mol. The molecule has 170 valence electrons. The van der Waals surface area contributed by atoms with E-state index in [0.29, 0.717) is 4.47 Å². The fourth-order valence-corrected chi connectivity index (χ4v) is 3.73. The Bertz CT molecular complexity index is 1230. The van der Waals surface area contributed by atoms with Crippen molar-refractivity contribution in [3.63, 3.8) is 0 Å². The average Bonchev–Trinajstić information content (AvgIpc) is 2.74. The SMILES string of the molecule is CCOC(=O)C1=C(C)OC(N)=C(C#N)C1c1cc(Br)ccc1OC(=O)c1c(F)cccc1F. The van der Waals surface area contributed by atoms with E-state index in [2.05, 4.69) is 15.9 Å². The first kappa shape index (κ1) is 23.9. The summed E-state index contributed by atoms with van der Waals surface area (Å²) < 4.78 is 44.5. The van der Waals surface area contributed by atoms with Crippen molar-refractivity contribution in [2.45, 2.75) is 19.8 Å². The topological polar surface area (TPSA) is 112 Å². The molecule has 2 aromatic rings. The molecule has 1 heterocycles. The van der Waals surface area contributed by atoms with Crippen molar-refractivity contribution < 1.29 is 32.6 Å². The molecule has 0 saturated carbocycles. The fraction of sp³-hybridized carbons (Fsp3) is 0.174. The van der Waals surface area contributed by atoms with Gasteiger partial charge in [0, 0.05) is 10.0 Å². The minimum Gasteiger partial charge on any atom is -0.463 e. The van der Waals surface area contributed by atoms with Crippen molar-refractivity contribution in [3.8, 4) is 11.8 Å². The number of halogens is 3. The molecule has 1 atom stereocenters. The Balaban J connectivity index is 2.17. The Morgan fingerprint density at radius 1 is 1.21 bits per heavy atom. The number of benzene rings is 2. The quantitative estimate of drug-likeness (QED) is 0.454. The van der Waals surface area contributed by atoms with Gasteiger partial charge in [-0.3, -0.25) is 0 Å². The molecule has 1 aliphatic heterocycles. The van der Waals surface area contributed by atoms with Gasteiger partial charge in [-0.1, -0.05) is 22.0 Å². The van der Waals surface area contributed by atoms with Gasteiger partial charge in [0.2, 0.25) is 5.88 Å². The number of hydrogen-bond acceptors (Lipinski definition) is 7. The third-order valence-corrected chi connectivity index (χ3v) is 5.25. The van der Waals surface area contributed by atoms with Crippen LogP contribution in [0.5, 0.6) is 5.75 Å². The zero-order valence-electron chi connectivity index (χ0n) is 17.4. The van der Waals surface area contributed by atoms with Gasteiger partial charge in [0.1, 0.15) is 40.3 Å². The lowest BCUT2D eigenvalue weighted by atomic mass is 9.82. The maximum atomic E-state index is 14.1. The average molecular weight is 519 g/mol. The minimum absolute atomic E-state index is 0.0323. The molecule has 0 radical (unpaired) electrons. The van der Waals surface area contributed by atoms with Crippen LogP contribution < -0.4 is 10.5 Å². The lowest BCUT2D eigenvalue weighted by Gasteiger charge is -2.28. The second-order valence-corrected chi connectivity index (χ2v) is 7.70. The zero-order valence-corrected chi connectivity index (χ0v) is 19.0. The predicted molar refractivity (Wildman–Crippen MR) is 115 cm³/mol. The molecule has 1 aliphatic rings. The Kier molecular flexibility index (Phi) is 7.13. The van der Waals surface area contributed by atoms with Gasteiger partial charge in [-0.05, 0) is 44.2 Å². The highest BCUT2D eigenvalue weighted by molar-refractivity contribution is 9.10. The number of ether oxygens (including phenoxy) is 3. The number of nitriles is 1. The normalized spacial score (nSPS) is 15.6. The van der Waals surface area contributed by atoms with Crippen LogP contribution >= 0.6 is 15.9 Å². The van der Waals surface area contributed by atoms with Crippen molar-refractivity contribution in [1.29, 1.82) is 5.26 Å². The minimum atomic E-state index is -1.30. The molecule has 2 aromatic carbocycles. The highest BCUT2D eigenvalue weighted by Gasteiger charge is 2.38. The lowest BCUT2D eigenvalue weighted by Crippen LogP contribution is -2.26. The van der Waals surface area contributed by atoms with Gasteiger partial charge < -0.3 is 19.9 Å². The molecule has 10 heteroatoms. The lowest BCUT2D eigenvalue weighted by molar-refractivity contribution is -0.139. The summed E-state index contributed by atoms with van der Waals surface area (Å²) in [6, 6.07) is 9.23. The standard InChI is InChI=1S/C23H17BrF2N2O5/c1-3-31-22(29)18-11(2)32-21(28)14(10-27)19(18)13-9-12(24)7-8-17(13)33-23(30)20-15(25)5-4-6-16(20)26/h4-9,19H,3,28H2,1-2H3. The largest absolute Gasteiger partial charge is 0.463 e. The Hall–Kier alpha value is -3.71. The molecule has 33 heavy (non-hydrogen) atoms. The zero-order chi connectivity index (χ0) is 24.3. The molecule has 0 bridgehead atoms. The summed E-state index contributed by atoms with van der Waals surface area (Å²) in [7, 11) is 0. The molecule has 1 unspecified atom stereocenters. The van der Waals surface area contributed by atoms with Crippen LogP contribution in [0.15, 0.2) is 63.7 Å². The summed E-state index contributed by atoms with van der Waals surface area (Å²) in [6.45, 7) is 3.13. The molecule has 0 amide bonds. The van der Waals surface area contributed by atoms with Crippen LogP contribution in [0.3, 0.4) is 0 Å². The number of carbonyl (C=O) groups excluding carboxylic acids is 2. The Morgan fingerprint density at radius 3 is 2.48 bits per heavy atom. The van der Waals surface area contributed by atoms with Gasteiger partial charge in [0.25, 0.3) is 0 Å². The van der Waals surface area contributed by atoms with E-state index in [1.165, 1.54) is 25.1 Å². The van der Waals surface area contributed by atoms with Crippen molar-refractivity contribution in [3.05, 3.63) is 86.4 Å². The van der Waals surface area contributed by atoms with Crippen molar-refractivity contribution in [2.75, 3.05) is 6.61 Å². The van der Waals surface area contributed by atoms with Crippen LogP contribution in [0.4, 0.5) is 8.78 Å². The van der Waals surface area contributed by atoms with Crippen molar-refractivity contribution >= 4 is 27.9 Å². The second kappa shape index (κ2) is 9.83. The van der Waals surface area contributed by atoms with E-state index < -0.39 is 35.1 Å². The van der Waals surface area contributed by atoms with E-state index in [0.717, 1.165) is 18.2 Å². The fourth-order valence-electron chi connectivity index (χ4n) is 3.35. The Morgan fingerprint density at radius 2 is 1.88 bits per heavy atom. The van der Waals surface area contributed by atoms with Crippen LogP contribution in [0.2, 0.25) is 0 Å². The summed E-state index contributed by atoms with van der Waals surface area (Å²) in [5.74, 6) is -5.70. The van der Waals surface area contributed by atoms with Gasteiger partial charge in [-0.2, -0.15) is 5.26 Å². The molecule has 2 N–H and O–H groups in total. The smallest absolute Gasteiger partial charge is 0.349 e. The number of nitrogens with zero attached hydrogens (tertiary/aromatic N) is 1. The molecule has 0 aromatic heterocycles. The summed E-state index contributed by atoms with van der Waals surface area (Å²) in [6.07, 6.45) is 0. The van der Waals surface area contributed by atoms with Crippen LogP contribution in [0.1, 0.15) is 35.7 Å².